The van der Waals surface area contributed by atoms with Gasteiger partial charge in [-0.3, -0.25) is 4.79 Å². The maximum atomic E-state index is 13.2. The summed E-state index contributed by atoms with van der Waals surface area (Å²) >= 11 is 3.40. The van der Waals surface area contributed by atoms with Crippen LogP contribution in [0.1, 0.15) is 56.3 Å². The maximum Gasteiger partial charge on any atom is 0.416 e. The van der Waals surface area contributed by atoms with Crippen LogP contribution in [0.15, 0.2) is 58.2 Å². The average Bonchev–Trinajstić information content (AvgIpc) is 3.10. The van der Waals surface area contributed by atoms with Gasteiger partial charge in [0.25, 0.3) is 0 Å². The summed E-state index contributed by atoms with van der Waals surface area (Å²) in [6.07, 6.45) is -4.92. The number of ether oxygens (including phenoxy) is 1. The maximum absolute atomic E-state index is 13.2. The van der Waals surface area contributed by atoms with Crippen molar-refractivity contribution in [1.29, 1.82) is 5.26 Å². The van der Waals surface area contributed by atoms with Gasteiger partial charge in [0.2, 0.25) is 0 Å². The summed E-state index contributed by atoms with van der Waals surface area (Å²) in [5.74, 6) is -0.267. The highest BCUT2D eigenvalue weighted by molar-refractivity contribution is 9.10. The Morgan fingerprint density at radius 2 is 1.86 bits per heavy atom. The summed E-state index contributed by atoms with van der Waals surface area (Å²) in [6.45, 7) is 5.08. The van der Waals surface area contributed by atoms with Crippen LogP contribution in [-0.2, 0) is 15.7 Å². The molecular formula is C25H23BrF3N3O3. The Bertz CT molecular complexity index is 1230. The third kappa shape index (κ3) is 6.63. The van der Waals surface area contributed by atoms with E-state index in [4.69, 9.17) is 4.74 Å². The molecule has 10 heteroatoms. The molecule has 0 unspecified atom stereocenters. The number of allylic oxidation sites excluding steroid dienone is 1. The molecule has 0 aromatic heterocycles. The summed E-state index contributed by atoms with van der Waals surface area (Å²) < 4.78 is 45.4. The first-order valence-corrected chi connectivity index (χ1v) is 11.5. The van der Waals surface area contributed by atoms with Crippen molar-refractivity contribution in [3.63, 3.8) is 0 Å². The van der Waals surface area contributed by atoms with E-state index < -0.39 is 29.5 Å². The van der Waals surface area contributed by atoms with Gasteiger partial charge in [0, 0.05) is 27.9 Å². The lowest BCUT2D eigenvalue weighted by Gasteiger charge is -2.26. The van der Waals surface area contributed by atoms with Crippen LogP contribution < -0.4 is 10.6 Å². The van der Waals surface area contributed by atoms with Gasteiger partial charge in [-0.15, -0.1) is 0 Å². The molecule has 6 nitrogen and oxygen atoms in total. The van der Waals surface area contributed by atoms with Crippen molar-refractivity contribution in [2.45, 2.75) is 51.4 Å². The van der Waals surface area contributed by atoms with Crippen molar-refractivity contribution in [1.82, 2.24) is 5.32 Å². The van der Waals surface area contributed by atoms with Crippen molar-refractivity contribution in [3.8, 4) is 6.07 Å². The Balaban J connectivity index is 2.07. The Hall–Kier alpha value is -3.32. The molecule has 0 aliphatic heterocycles. The van der Waals surface area contributed by atoms with Gasteiger partial charge >= 0.3 is 12.3 Å². The SMILES string of the molecule is CC(C)(C)OC(=O)N[C@@H](C1=C(Nc2cccc(C(F)(F)F)c2)CCC1=O)c1ccc(C#N)cc1Br. The predicted octanol–water partition coefficient (Wildman–Crippen LogP) is 6.63. The number of carbonyl (C=O) groups is 2. The lowest BCUT2D eigenvalue weighted by atomic mass is 9.95. The Labute approximate surface area is 209 Å². The zero-order valence-electron chi connectivity index (χ0n) is 19.2. The molecule has 0 saturated heterocycles. The number of alkyl halides is 3. The normalized spacial score (nSPS) is 15.0. The Morgan fingerprint density at radius 3 is 2.46 bits per heavy atom. The highest BCUT2D eigenvalue weighted by atomic mass is 79.9. The van der Waals surface area contributed by atoms with Crippen LogP contribution in [0.2, 0.25) is 0 Å². The zero-order valence-corrected chi connectivity index (χ0v) is 20.8. The molecule has 3 rings (SSSR count). The Morgan fingerprint density at radius 1 is 1.14 bits per heavy atom. The standard InChI is InChI=1S/C25H23BrF3N3O3/c1-24(2,3)35-23(34)32-22(17-8-7-14(13-30)11-18(17)26)21-19(9-10-20(21)33)31-16-6-4-5-15(12-16)25(27,28)29/h4-8,11-12,22,31H,9-10H2,1-3H3,(H,32,34)/t22-/m1/s1. The van der Waals surface area contributed by atoms with E-state index in [-0.39, 0.29) is 29.9 Å². The van der Waals surface area contributed by atoms with E-state index in [0.29, 0.717) is 21.3 Å². The van der Waals surface area contributed by atoms with Crippen molar-refractivity contribution in [2.24, 2.45) is 0 Å². The molecule has 0 fully saturated rings. The van der Waals surface area contributed by atoms with Crippen LogP contribution in [0.3, 0.4) is 0 Å². The minimum Gasteiger partial charge on any atom is -0.444 e. The molecule has 35 heavy (non-hydrogen) atoms. The highest BCUT2D eigenvalue weighted by Gasteiger charge is 2.35. The number of Topliss-reactive ketones (excluding diaryl/α,β-unsaturated/α-hetero) is 1. The molecule has 2 aromatic rings. The van der Waals surface area contributed by atoms with E-state index in [9.17, 15) is 28.0 Å². The van der Waals surface area contributed by atoms with Crippen LogP contribution in [0.4, 0.5) is 23.7 Å². The first kappa shape index (κ1) is 26.3. The van der Waals surface area contributed by atoms with Crippen molar-refractivity contribution >= 4 is 33.5 Å². The summed E-state index contributed by atoms with van der Waals surface area (Å²) in [6, 6.07) is 10.4. The third-order valence-electron chi connectivity index (χ3n) is 5.10. The summed E-state index contributed by atoms with van der Waals surface area (Å²) in [5.41, 5.74) is -0.00684. The second kappa shape index (κ2) is 10.1. The molecule has 1 amide bonds. The predicted molar refractivity (Wildman–Crippen MR) is 127 cm³/mol. The second-order valence-corrected chi connectivity index (χ2v) is 9.80. The number of nitrogens with zero attached hydrogens (tertiary/aromatic N) is 1. The van der Waals surface area contributed by atoms with Gasteiger partial charge < -0.3 is 15.4 Å². The number of hydrogen-bond acceptors (Lipinski definition) is 5. The van der Waals surface area contributed by atoms with Crippen LogP contribution >= 0.6 is 15.9 Å². The number of hydrogen-bond donors (Lipinski definition) is 2. The highest BCUT2D eigenvalue weighted by Crippen LogP contribution is 2.38. The number of amides is 1. The van der Waals surface area contributed by atoms with Crippen molar-refractivity contribution < 1.29 is 27.5 Å². The van der Waals surface area contributed by atoms with E-state index >= 15 is 0 Å². The minimum absolute atomic E-state index is 0.122. The van der Waals surface area contributed by atoms with Crippen LogP contribution in [0.5, 0.6) is 0 Å². The average molecular weight is 550 g/mol. The van der Waals surface area contributed by atoms with Crippen LogP contribution in [-0.4, -0.2) is 17.5 Å². The number of nitriles is 1. The molecule has 1 aliphatic carbocycles. The van der Waals surface area contributed by atoms with E-state index in [2.05, 4.69) is 26.6 Å². The first-order chi connectivity index (χ1) is 16.3. The smallest absolute Gasteiger partial charge is 0.416 e. The summed E-state index contributed by atoms with van der Waals surface area (Å²) in [5, 5.41) is 14.9. The molecule has 1 atom stereocenters. The zero-order chi connectivity index (χ0) is 26.0. The first-order valence-electron chi connectivity index (χ1n) is 10.7. The van der Waals surface area contributed by atoms with Gasteiger partial charge in [0.15, 0.2) is 5.78 Å². The number of alkyl carbamates (subject to hydrolysis) is 1. The molecule has 0 spiro atoms. The second-order valence-electron chi connectivity index (χ2n) is 8.95. The van der Waals surface area contributed by atoms with Gasteiger partial charge in [0.1, 0.15) is 5.60 Å². The molecule has 0 radical (unpaired) electrons. The fraction of sp³-hybridized carbons (Fsp3) is 0.320. The summed E-state index contributed by atoms with van der Waals surface area (Å²) in [4.78, 5) is 25.7. The van der Waals surface area contributed by atoms with Gasteiger partial charge in [0.05, 0.1) is 23.2 Å². The molecule has 0 heterocycles. The van der Waals surface area contributed by atoms with Gasteiger partial charge in [-0.05, 0) is 63.1 Å². The van der Waals surface area contributed by atoms with Gasteiger partial charge in [-0.1, -0.05) is 28.1 Å². The molecule has 2 N–H and O–H groups in total. The van der Waals surface area contributed by atoms with Crippen molar-refractivity contribution in [2.75, 3.05) is 5.32 Å². The van der Waals surface area contributed by atoms with Crippen LogP contribution in [0, 0.1) is 11.3 Å². The summed E-state index contributed by atoms with van der Waals surface area (Å²) in [7, 11) is 0. The van der Waals surface area contributed by atoms with Gasteiger partial charge in [-0.2, -0.15) is 18.4 Å². The fourth-order valence-corrected chi connectivity index (χ4v) is 4.26. The number of halogens is 4. The molecule has 0 saturated carbocycles. The monoisotopic (exact) mass is 549 g/mol. The number of ketones is 1. The van der Waals surface area contributed by atoms with Crippen molar-refractivity contribution in [3.05, 3.63) is 74.9 Å². The van der Waals surface area contributed by atoms with E-state index in [1.165, 1.54) is 12.1 Å². The number of nitrogens with one attached hydrogen (secondary N) is 2. The lowest BCUT2D eigenvalue weighted by molar-refractivity contribution is -0.137. The molecule has 2 aromatic carbocycles. The minimum atomic E-state index is -4.52. The quantitative estimate of drug-likeness (QED) is 0.436. The molecule has 1 aliphatic rings. The lowest BCUT2D eigenvalue weighted by Crippen LogP contribution is -2.37. The topological polar surface area (TPSA) is 91.2 Å². The molecule has 0 bridgehead atoms. The number of rotatable bonds is 5. The number of carbonyl (C=O) groups excluding carboxylic acids is 2. The molecule has 184 valence electrons. The number of benzene rings is 2. The van der Waals surface area contributed by atoms with E-state index in [1.807, 2.05) is 6.07 Å². The molecular weight excluding hydrogens is 527 g/mol. The van der Waals surface area contributed by atoms with Crippen LogP contribution in [0.25, 0.3) is 0 Å². The van der Waals surface area contributed by atoms with Gasteiger partial charge in [-0.25, -0.2) is 4.79 Å². The van der Waals surface area contributed by atoms with E-state index in [1.54, 1.807) is 39.0 Å². The largest absolute Gasteiger partial charge is 0.444 e. The number of anilines is 1. The fourth-order valence-electron chi connectivity index (χ4n) is 3.65. The third-order valence-corrected chi connectivity index (χ3v) is 5.79. The van der Waals surface area contributed by atoms with E-state index in [0.717, 1.165) is 12.1 Å². The Kier molecular flexibility index (Phi) is 7.60.